The summed E-state index contributed by atoms with van der Waals surface area (Å²) in [5, 5.41) is 0.919. The van der Waals surface area contributed by atoms with Gasteiger partial charge in [-0.05, 0) is 68.0 Å². The minimum absolute atomic E-state index is 0.232. The maximum absolute atomic E-state index is 13.8. The number of aryl methyl sites for hydroxylation is 1. The zero-order valence-corrected chi connectivity index (χ0v) is 17.7. The van der Waals surface area contributed by atoms with Crippen LogP contribution in [0, 0.1) is 5.82 Å². The second-order valence-corrected chi connectivity index (χ2v) is 9.63. The maximum atomic E-state index is 13.8. The average molecular weight is 403 g/mol. The predicted octanol–water partition coefficient (Wildman–Crippen LogP) is 4.25. The first kappa shape index (κ1) is 20.6. The van der Waals surface area contributed by atoms with Crippen LogP contribution in [0.5, 0.6) is 0 Å². The first-order valence-corrected chi connectivity index (χ1v) is 11.3. The molecule has 28 heavy (non-hydrogen) atoms. The standard InChI is InChI=1S/C22H27FN2O2S/c1-5-6-20-12-17-13-21(28(4,26)27)9-10-22(17)25(20)15-16-7-8-19(23)11-18(16)14-24(2)3/h7-13H,5-6,14-15H2,1-4H3. The van der Waals surface area contributed by atoms with E-state index in [-0.39, 0.29) is 5.82 Å². The average Bonchev–Trinajstić information content (AvgIpc) is 2.93. The van der Waals surface area contributed by atoms with Gasteiger partial charge < -0.3 is 9.47 Å². The van der Waals surface area contributed by atoms with E-state index in [9.17, 15) is 12.8 Å². The van der Waals surface area contributed by atoms with Crippen LogP contribution in [0.15, 0.2) is 47.4 Å². The van der Waals surface area contributed by atoms with E-state index in [0.717, 1.165) is 40.6 Å². The molecule has 3 aromatic rings. The number of aromatic nitrogens is 1. The van der Waals surface area contributed by atoms with E-state index in [1.54, 1.807) is 18.2 Å². The molecule has 0 aliphatic rings. The van der Waals surface area contributed by atoms with Crippen LogP contribution in [0.4, 0.5) is 4.39 Å². The summed E-state index contributed by atoms with van der Waals surface area (Å²) in [6.45, 7) is 3.41. The molecule has 0 radical (unpaired) electrons. The van der Waals surface area contributed by atoms with Crippen LogP contribution >= 0.6 is 0 Å². The molecular formula is C22H27FN2O2S. The van der Waals surface area contributed by atoms with Gasteiger partial charge in [-0.1, -0.05) is 19.4 Å². The summed E-state index contributed by atoms with van der Waals surface area (Å²) in [7, 11) is 0.684. The number of benzene rings is 2. The van der Waals surface area contributed by atoms with Gasteiger partial charge in [0.05, 0.1) is 4.90 Å². The lowest BCUT2D eigenvalue weighted by molar-refractivity contribution is 0.399. The fourth-order valence-electron chi connectivity index (χ4n) is 3.59. The molecule has 0 N–H and O–H groups in total. The fraction of sp³-hybridized carbons (Fsp3) is 0.364. The largest absolute Gasteiger partial charge is 0.340 e. The van der Waals surface area contributed by atoms with Gasteiger partial charge in [0.1, 0.15) is 5.82 Å². The summed E-state index contributed by atoms with van der Waals surface area (Å²) in [5.41, 5.74) is 4.18. The highest BCUT2D eigenvalue weighted by Gasteiger charge is 2.15. The number of hydrogen-bond donors (Lipinski definition) is 0. The van der Waals surface area contributed by atoms with Gasteiger partial charge in [-0.15, -0.1) is 0 Å². The highest BCUT2D eigenvalue weighted by Crippen LogP contribution is 2.26. The van der Waals surface area contributed by atoms with Crippen LogP contribution in [0.1, 0.15) is 30.2 Å². The molecule has 0 aliphatic heterocycles. The SMILES string of the molecule is CCCc1cc2cc(S(C)(=O)=O)ccc2n1Cc1ccc(F)cc1CN(C)C. The molecule has 0 aliphatic carbocycles. The van der Waals surface area contributed by atoms with Crippen molar-refractivity contribution in [3.05, 3.63) is 65.1 Å². The second-order valence-electron chi connectivity index (χ2n) is 7.62. The molecule has 0 amide bonds. The first-order chi connectivity index (χ1) is 13.2. The van der Waals surface area contributed by atoms with Crippen molar-refractivity contribution in [1.82, 2.24) is 9.47 Å². The predicted molar refractivity (Wildman–Crippen MR) is 112 cm³/mol. The number of hydrogen-bond acceptors (Lipinski definition) is 3. The third-order valence-corrected chi connectivity index (χ3v) is 5.99. The van der Waals surface area contributed by atoms with Crippen molar-refractivity contribution in [2.45, 2.75) is 37.8 Å². The van der Waals surface area contributed by atoms with Gasteiger partial charge in [0.15, 0.2) is 9.84 Å². The van der Waals surface area contributed by atoms with E-state index in [1.807, 2.05) is 31.1 Å². The summed E-state index contributed by atoms with van der Waals surface area (Å²) < 4.78 is 39.9. The second kappa shape index (κ2) is 8.05. The topological polar surface area (TPSA) is 42.3 Å². The molecule has 0 unspecified atom stereocenters. The zero-order valence-electron chi connectivity index (χ0n) is 16.9. The minimum atomic E-state index is -3.25. The molecule has 3 rings (SSSR count). The van der Waals surface area contributed by atoms with Gasteiger partial charge in [-0.25, -0.2) is 12.8 Å². The molecule has 0 saturated carbocycles. The van der Waals surface area contributed by atoms with Crippen LogP contribution in [-0.2, 0) is 29.3 Å². The monoisotopic (exact) mass is 402 g/mol. The maximum Gasteiger partial charge on any atom is 0.175 e. The first-order valence-electron chi connectivity index (χ1n) is 9.43. The Hall–Kier alpha value is -2.18. The zero-order chi connectivity index (χ0) is 20.5. The Kier molecular flexibility index (Phi) is 5.91. The van der Waals surface area contributed by atoms with E-state index in [2.05, 4.69) is 17.6 Å². The summed E-state index contributed by atoms with van der Waals surface area (Å²) >= 11 is 0. The Morgan fingerprint density at radius 1 is 1.04 bits per heavy atom. The number of sulfone groups is 1. The third kappa shape index (κ3) is 4.45. The highest BCUT2D eigenvalue weighted by molar-refractivity contribution is 7.90. The summed E-state index contributed by atoms with van der Waals surface area (Å²) in [6.07, 6.45) is 3.11. The van der Waals surface area contributed by atoms with E-state index in [1.165, 1.54) is 12.3 Å². The van der Waals surface area contributed by atoms with Gasteiger partial charge >= 0.3 is 0 Å². The van der Waals surface area contributed by atoms with Gasteiger partial charge in [0.25, 0.3) is 0 Å². The molecule has 150 valence electrons. The fourth-order valence-corrected chi connectivity index (χ4v) is 4.25. The van der Waals surface area contributed by atoms with Crippen LogP contribution in [-0.4, -0.2) is 38.2 Å². The van der Waals surface area contributed by atoms with Crippen molar-refractivity contribution < 1.29 is 12.8 Å². The number of halogens is 1. The van der Waals surface area contributed by atoms with Crippen molar-refractivity contribution >= 4 is 20.7 Å². The van der Waals surface area contributed by atoms with E-state index >= 15 is 0 Å². The number of rotatable bonds is 7. The number of nitrogens with zero attached hydrogens (tertiary/aromatic N) is 2. The van der Waals surface area contributed by atoms with Gasteiger partial charge in [-0.3, -0.25) is 0 Å². The molecule has 0 saturated heterocycles. The Balaban J connectivity index is 2.11. The minimum Gasteiger partial charge on any atom is -0.340 e. The summed E-state index contributed by atoms with van der Waals surface area (Å²) in [5.74, 6) is -0.232. The van der Waals surface area contributed by atoms with Crippen molar-refractivity contribution in [3.8, 4) is 0 Å². The quantitative estimate of drug-likeness (QED) is 0.593. The van der Waals surface area contributed by atoms with Crippen molar-refractivity contribution in [2.75, 3.05) is 20.4 Å². The van der Waals surface area contributed by atoms with Crippen LogP contribution in [0.2, 0.25) is 0 Å². The third-order valence-electron chi connectivity index (χ3n) is 4.88. The van der Waals surface area contributed by atoms with Gasteiger partial charge in [-0.2, -0.15) is 0 Å². The molecule has 0 bridgehead atoms. The Labute approximate surface area is 166 Å². The van der Waals surface area contributed by atoms with E-state index in [4.69, 9.17) is 0 Å². The van der Waals surface area contributed by atoms with Crippen LogP contribution < -0.4 is 0 Å². The van der Waals surface area contributed by atoms with Gasteiger partial charge in [0, 0.05) is 35.9 Å². The Morgan fingerprint density at radius 3 is 2.43 bits per heavy atom. The summed E-state index contributed by atoms with van der Waals surface area (Å²) in [4.78, 5) is 2.35. The van der Waals surface area contributed by atoms with E-state index < -0.39 is 9.84 Å². The molecule has 1 aromatic heterocycles. The molecule has 0 spiro atoms. The van der Waals surface area contributed by atoms with E-state index in [0.29, 0.717) is 18.0 Å². The highest BCUT2D eigenvalue weighted by atomic mass is 32.2. The lowest BCUT2D eigenvalue weighted by Crippen LogP contribution is -2.14. The van der Waals surface area contributed by atoms with Crippen LogP contribution in [0.3, 0.4) is 0 Å². The Morgan fingerprint density at radius 2 is 1.79 bits per heavy atom. The lowest BCUT2D eigenvalue weighted by Gasteiger charge is -2.17. The smallest absolute Gasteiger partial charge is 0.175 e. The lowest BCUT2D eigenvalue weighted by atomic mass is 10.1. The molecule has 0 fully saturated rings. The molecular weight excluding hydrogens is 375 g/mol. The van der Waals surface area contributed by atoms with Crippen LogP contribution in [0.25, 0.3) is 10.9 Å². The molecule has 0 atom stereocenters. The Bertz CT molecular complexity index is 1100. The van der Waals surface area contributed by atoms with Crippen molar-refractivity contribution in [2.24, 2.45) is 0 Å². The molecule has 6 heteroatoms. The summed E-state index contributed by atoms with van der Waals surface area (Å²) in [6, 6.07) is 12.3. The normalized spacial score (nSPS) is 12.2. The van der Waals surface area contributed by atoms with Gasteiger partial charge in [0.2, 0.25) is 0 Å². The van der Waals surface area contributed by atoms with Crippen molar-refractivity contribution in [1.29, 1.82) is 0 Å². The molecule has 1 heterocycles. The van der Waals surface area contributed by atoms with Crippen molar-refractivity contribution in [3.63, 3.8) is 0 Å². The molecule has 4 nitrogen and oxygen atoms in total. The number of fused-ring (bicyclic) bond motifs is 1. The molecule has 2 aromatic carbocycles.